The number of hydrogen-bond acceptors (Lipinski definition) is 9. The van der Waals surface area contributed by atoms with Crippen LogP contribution in [0.2, 0.25) is 0 Å². The van der Waals surface area contributed by atoms with Crippen LogP contribution in [0.15, 0.2) is 46.5 Å². The van der Waals surface area contributed by atoms with Crippen molar-refractivity contribution >= 4 is 35.5 Å². The molecule has 1 fully saturated rings. The van der Waals surface area contributed by atoms with E-state index in [-0.39, 0.29) is 44.2 Å². The van der Waals surface area contributed by atoms with Crippen molar-refractivity contribution < 1.29 is 27.6 Å². The number of carbonyl (C=O) groups is 2. The number of hydrogen-bond donors (Lipinski definition) is 1. The molecule has 2 aliphatic rings. The van der Waals surface area contributed by atoms with Crippen LogP contribution < -0.4 is 15.2 Å². The second-order valence-electron chi connectivity index (χ2n) is 7.68. The van der Waals surface area contributed by atoms with Gasteiger partial charge in [0.1, 0.15) is 18.1 Å². The number of amides is 3. The summed E-state index contributed by atoms with van der Waals surface area (Å²) in [7, 11) is 0. The summed E-state index contributed by atoms with van der Waals surface area (Å²) in [5.74, 6) is -1.58. The summed E-state index contributed by atoms with van der Waals surface area (Å²) >= 11 is 0. The van der Waals surface area contributed by atoms with Gasteiger partial charge >= 0.3 is 12.1 Å². The van der Waals surface area contributed by atoms with E-state index in [1.807, 2.05) is 0 Å². The number of halogens is 2. The number of nitrogens with zero attached hydrogens (tertiary/aromatic N) is 8. The average Bonchev–Trinajstić information content (AvgIpc) is 3.55. The van der Waals surface area contributed by atoms with Crippen molar-refractivity contribution in [1.29, 1.82) is 0 Å². The topological polar surface area (TPSA) is 134 Å². The van der Waals surface area contributed by atoms with E-state index >= 15 is 8.78 Å². The highest BCUT2D eigenvalue weighted by Crippen LogP contribution is 2.31. The average molecular weight is 487 g/mol. The molecule has 0 spiro atoms. The van der Waals surface area contributed by atoms with Gasteiger partial charge in [0.05, 0.1) is 38.1 Å². The number of benzene rings is 1. The number of urea groups is 1. The molecule has 1 N–H and O–H groups in total. The first kappa shape index (κ1) is 22.2. The summed E-state index contributed by atoms with van der Waals surface area (Å²) in [6.45, 7) is 0.631. The van der Waals surface area contributed by atoms with Gasteiger partial charge in [0, 0.05) is 37.2 Å². The van der Waals surface area contributed by atoms with Crippen molar-refractivity contribution in [2.45, 2.75) is 12.6 Å². The van der Waals surface area contributed by atoms with E-state index in [1.54, 1.807) is 6.20 Å². The van der Waals surface area contributed by atoms with Crippen LogP contribution in [0.25, 0.3) is 0 Å². The molecule has 3 aromatic rings. The number of carbonyl (C=O) groups excluding carboxylic acids is 2. The fourth-order valence-electron chi connectivity index (χ4n) is 3.74. The Labute approximate surface area is 196 Å². The minimum Gasteiger partial charge on any atom is -0.442 e. The summed E-state index contributed by atoms with van der Waals surface area (Å²) in [6, 6.07) is 3.12. The fraction of sp³-hybridized carbons (Fsp3) is 0.300. The summed E-state index contributed by atoms with van der Waals surface area (Å²) in [6.07, 6.45) is 4.52. The molecule has 0 bridgehead atoms. The third-order valence-electron chi connectivity index (χ3n) is 5.37. The fourth-order valence-corrected chi connectivity index (χ4v) is 3.74. The van der Waals surface area contributed by atoms with Gasteiger partial charge in [0.2, 0.25) is 0 Å². The lowest BCUT2D eigenvalue weighted by Crippen LogP contribution is -2.39. The Bertz CT molecular complexity index is 1210. The monoisotopic (exact) mass is 487 g/mol. The third-order valence-corrected chi connectivity index (χ3v) is 5.37. The zero-order chi connectivity index (χ0) is 24.4. The summed E-state index contributed by atoms with van der Waals surface area (Å²) in [5.41, 5.74) is -0.377. The predicted octanol–water partition coefficient (Wildman–Crippen LogP) is 1.91. The second-order valence-corrected chi connectivity index (χ2v) is 7.68. The molecule has 1 saturated heterocycles. The van der Waals surface area contributed by atoms with Crippen LogP contribution in [-0.2, 0) is 11.3 Å². The Morgan fingerprint density at radius 1 is 1.23 bits per heavy atom. The maximum absolute atomic E-state index is 15.1. The summed E-state index contributed by atoms with van der Waals surface area (Å²) < 4.78 is 41.6. The van der Waals surface area contributed by atoms with Crippen LogP contribution in [0.4, 0.5) is 35.6 Å². The first-order chi connectivity index (χ1) is 17.0. The zero-order valence-corrected chi connectivity index (χ0v) is 18.1. The first-order valence-electron chi connectivity index (χ1n) is 10.6. The highest BCUT2D eigenvalue weighted by atomic mass is 19.1. The molecule has 4 heterocycles. The smallest absolute Gasteiger partial charge is 0.414 e. The van der Waals surface area contributed by atoms with E-state index in [0.717, 1.165) is 22.0 Å². The van der Waals surface area contributed by atoms with E-state index in [9.17, 15) is 9.59 Å². The molecule has 3 amide bonds. The molecule has 35 heavy (non-hydrogen) atoms. The second kappa shape index (κ2) is 9.36. The number of cyclic esters (lactones) is 1. The lowest BCUT2D eigenvalue weighted by molar-refractivity contribution is 0.129. The van der Waals surface area contributed by atoms with Crippen molar-refractivity contribution in [3.8, 4) is 0 Å². The number of rotatable bonds is 5. The zero-order valence-electron chi connectivity index (χ0n) is 18.1. The molecule has 182 valence electrons. The Morgan fingerprint density at radius 3 is 2.77 bits per heavy atom. The molecule has 15 heteroatoms. The Morgan fingerprint density at radius 2 is 2.06 bits per heavy atom. The lowest BCUT2D eigenvalue weighted by atomic mass is 10.2. The molecule has 0 unspecified atom stereocenters. The van der Waals surface area contributed by atoms with Crippen LogP contribution in [0, 0.1) is 11.6 Å². The van der Waals surface area contributed by atoms with Crippen LogP contribution in [-0.4, -0.2) is 75.7 Å². The van der Waals surface area contributed by atoms with Gasteiger partial charge in [-0.1, -0.05) is 10.4 Å². The Balaban J connectivity index is 1.26. The van der Waals surface area contributed by atoms with Gasteiger partial charge in [0.25, 0.3) is 0 Å². The largest absolute Gasteiger partial charge is 0.442 e. The summed E-state index contributed by atoms with van der Waals surface area (Å²) in [4.78, 5) is 27.3. The number of ether oxygens (including phenoxy) is 1. The van der Waals surface area contributed by atoms with Crippen LogP contribution in [0.1, 0.15) is 0 Å². The molecule has 13 nitrogen and oxygen atoms in total. The van der Waals surface area contributed by atoms with Crippen molar-refractivity contribution in [3.63, 3.8) is 0 Å². The van der Waals surface area contributed by atoms with E-state index in [1.165, 1.54) is 34.3 Å². The van der Waals surface area contributed by atoms with Gasteiger partial charge in [-0.15, -0.1) is 5.10 Å². The normalized spacial score (nSPS) is 18.1. The van der Waals surface area contributed by atoms with Crippen molar-refractivity contribution in [1.82, 2.24) is 25.1 Å². The van der Waals surface area contributed by atoms with Gasteiger partial charge in [-0.2, -0.15) is 5.10 Å². The van der Waals surface area contributed by atoms with Gasteiger partial charge in [-0.25, -0.2) is 23.1 Å². The quantitative estimate of drug-likeness (QED) is 0.577. The molecule has 1 atom stereocenters. The minimum absolute atomic E-state index is 0.0160. The number of aromatic nitrogens is 4. The minimum atomic E-state index is -0.912. The highest BCUT2D eigenvalue weighted by Gasteiger charge is 2.34. The van der Waals surface area contributed by atoms with Crippen LogP contribution >= 0.6 is 0 Å². The van der Waals surface area contributed by atoms with Gasteiger partial charge in [-0.3, -0.25) is 15.2 Å². The van der Waals surface area contributed by atoms with Crippen molar-refractivity contribution in [2.75, 3.05) is 41.4 Å². The Kier molecular flexibility index (Phi) is 5.95. The Hall–Kier alpha value is -4.56. The van der Waals surface area contributed by atoms with Gasteiger partial charge in [0.15, 0.2) is 17.5 Å². The summed E-state index contributed by atoms with van der Waals surface area (Å²) in [5, 5.41) is 18.9. The molecule has 5 rings (SSSR count). The number of hydrazone groups is 1. The molecule has 0 aliphatic carbocycles. The molecule has 0 radical (unpaired) electrons. The molecule has 2 aromatic heterocycles. The number of nitrogens with one attached hydrogen (secondary N) is 1. The molecule has 1 aromatic carbocycles. The number of anilines is 3. The highest BCUT2D eigenvalue weighted by molar-refractivity contribution is 5.91. The van der Waals surface area contributed by atoms with E-state index in [0.29, 0.717) is 0 Å². The van der Waals surface area contributed by atoms with Gasteiger partial charge < -0.3 is 14.2 Å². The van der Waals surface area contributed by atoms with Crippen molar-refractivity contribution in [2.24, 2.45) is 5.10 Å². The first-order valence-corrected chi connectivity index (χ1v) is 10.6. The predicted molar refractivity (Wildman–Crippen MR) is 117 cm³/mol. The van der Waals surface area contributed by atoms with E-state index in [4.69, 9.17) is 4.74 Å². The van der Waals surface area contributed by atoms with Crippen LogP contribution in [0.5, 0.6) is 0 Å². The molecular weight excluding hydrogens is 468 g/mol. The lowest BCUT2D eigenvalue weighted by Gasteiger charge is -2.23. The SMILES string of the molecule is O=C(Nc1ccon1)N1CC=NN(c2c(F)cc(N3C[C@H](Cn4ccnn4)OC3=O)cc2F)CC1. The maximum Gasteiger partial charge on any atom is 0.414 e. The standard InChI is InChI=1S/C20H19F2N9O4/c21-15-9-13(30-12-14(35-20(30)33)11-29-5-2-23-27-29)10-16(22)18(15)31-7-6-28(4-3-24-31)19(32)25-17-1-8-34-26-17/h1-3,5,8-10,14H,4,6-7,11-12H2,(H,25,26,32)/t14-/m0/s1. The molecular formula is C20H19F2N9O4. The van der Waals surface area contributed by atoms with E-state index in [2.05, 4.69) is 30.4 Å². The maximum atomic E-state index is 15.1. The van der Waals surface area contributed by atoms with E-state index < -0.39 is 35.6 Å². The van der Waals surface area contributed by atoms with Crippen molar-refractivity contribution in [3.05, 3.63) is 48.5 Å². The molecule has 2 aliphatic heterocycles. The third kappa shape index (κ3) is 4.73. The molecule has 0 saturated carbocycles. The van der Waals surface area contributed by atoms with Gasteiger partial charge in [-0.05, 0) is 0 Å². The van der Waals surface area contributed by atoms with Crippen LogP contribution in [0.3, 0.4) is 0 Å².